The van der Waals surface area contributed by atoms with E-state index in [2.05, 4.69) is 40.0 Å². The van der Waals surface area contributed by atoms with Crippen LogP contribution in [0.1, 0.15) is 20.3 Å². The molecule has 1 atom stereocenters. The highest BCUT2D eigenvalue weighted by Crippen LogP contribution is 2.38. The first-order valence-electron chi connectivity index (χ1n) is 7.23. The molecule has 3 rings (SSSR count). The van der Waals surface area contributed by atoms with Gasteiger partial charge < -0.3 is 14.8 Å². The number of fused-ring (bicyclic) bond motifs is 1. The minimum Gasteiger partial charge on any atom is -0.486 e. The zero-order chi connectivity index (χ0) is 14.1. The highest BCUT2D eigenvalue weighted by molar-refractivity contribution is 9.10. The Labute approximate surface area is 128 Å². The van der Waals surface area contributed by atoms with Gasteiger partial charge in [0.25, 0.3) is 0 Å². The van der Waals surface area contributed by atoms with Gasteiger partial charge in [-0.3, -0.25) is 4.90 Å². The Bertz CT molecular complexity index is 493. The number of likely N-dealkylation sites (tertiary alicyclic amines) is 1. The second kappa shape index (κ2) is 5.82. The van der Waals surface area contributed by atoms with Crippen molar-refractivity contribution in [3.8, 4) is 11.5 Å². The number of benzene rings is 1. The molecular formula is C15H21BrN2O2. The molecule has 1 aromatic carbocycles. The van der Waals surface area contributed by atoms with E-state index in [1.165, 1.54) is 6.42 Å². The summed E-state index contributed by atoms with van der Waals surface area (Å²) >= 11 is 3.62. The van der Waals surface area contributed by atoms with Gasteiger partial charge in [0, 0.05) is 41.8 Å². The van der Waals surface area contributed by atoms with Crippen molar-refractivity contribution in [1.82, 2.24) is 4.90 Å². The lowest BCUT2D eigenvalue weighted by Crippen LogP contribution is -2.31. The Kier molecular flexibility index (Phi) is 4.08. The first-order chi connectivity index (χ1) is 9.63. The first-order valence-corrected chi connectivity index (χ1v) is 8.02. The van der Waals surface area contributed by atoms with Crippen molar-refractivity contribution in [2.75, 3.05) is 31.6 Å². The van der Waals surface area contributed by atoms with Crippen LogP contribution in [0.5, 0.6) is 11.5 Å². The second-order valence-corrected chi connectivity index (χ2v) is 6.55. The molecule has 0 saturated carbocycles. The fraction of sp³-hybridized carbons (Fsp3) is 0.600. The van der Waals surface area contributed by atoms with Gasteiger partial charge in [0.15, 0.2) is 11.5 Å². The quantitative estimate of drug-likeness (QED) is 0.916. The maximum absolute atomic E-state index is 5.65. The van der Waals surface area contributed by atoms with Gasteiger partial charge in [0.2, 0.25) is 0 Å². The van der Waals surface area contributed by atoms with Crippen molar-refractivity contribution in [2.24, 2.45) is 0 Å². The lowest BCUT2D eigenvalue weighted by Gasteiger charge is -2.23. The maximum atomic E-state index is 5.65. The molecule has 1 aromatic rings. The van der Waals surface area contributed by atoms with Crippen molar-refractivity contribution >= 4 is 21.6 Å². The van der Waals surface area contributed by atoms with Crippen LogP contribution in [0.2, 0.25) is 0 Å². The summed E-state index contributed by atoms with van der Waals surface area (Å²) in [5.74, 6) is 1.66. The average Bonchev–Trinajstić information content (AvgIpc) is 2.88. The van der Waals surface area contributed by atoms with E-state index in [1.807, 2.05) is 12.1 Å². The molecule has 2 aliphatic rings. The molecule has 0 radical (unpaired) electrons. The van der Waals surface area contributed by atoms with Crippen molar-refractivity contribution in [1.29, 1.82) is 0 Å². The fourth-order valence-electron chi connectivity index (χ4n) is 2.77. The van der Waals surface area contributed by atoms with Gasteiger partial charge in [-0.05, 0) is 36.2 Å². The third-order valence-electron chi connectivity index (χ3n) is 3.94. The molecule has 0 bridgehead atoms. The van der Waals surface area contributed by atoms with Gasteiger partial charge >= 0.3 is 0 Å². The van der Waals surface area contributed by atoms with E-state index >= 15 is 0 Å². The highest BCUT2D eigenvalue weighted by Gasteiger charge is 2.25. The summed E-state index contributed by atoms with van der Waals surface area (Å²) in [5, 5.41) is 3.62. The molecule has 110 valence electrons. The number of anilines is 1. The van der Waals surface area contributed by atoms with E-state index in [4.69, 9.17) is 9.47 Å². The number of ether oxygens (including phenoxy) is 2. The van der Waals surface area contributed by atoms with Crippen molar-refractivity contribution in [3.05, 3.63) is 16.6 Å². The number of hydrogen-bond acceptors (Lipinski definition) is 4. The average molecular weight is 341 g/mol. The van der Waals surface area contributed by atoms with Gasteiger partial charge in [-0.1, -0.05) is 0 Å². The molecule has 1 unspecified atom stereocenters. The van der Waals surface area contributed by atoms with Gasteiger partial charge in [-0.2, -0.15) is 0 Å². The van der Waals surface area contributed by atoms with Gasteiger partial charge in [0.1, 0.15) is 13.2 Å². The van der Waals surface area contributed by atoms with E-state index in [-0.39, 0.29) is 0 Å². The first kappa shape index (κ1) is 14.0. The third kappa shape index (κ3) is 2.88. The highest BCUT2D eigenvalue weighted by atomic mass is 79.9. The Hall–Kier alpha value is -0.940. The van der Waals surface area contributed by atoms with E-state index in [0.29, 0.717) is 25.3 Å². The SMILES string of the molecule is CC(C)N1CCC(Nc2cc3c(cc2Br)OCCO3)C1. The second-order valence-electron chi connectivity index (χ2n) is 5.69. The van der Waals surface area contributed by atoms with Crippen LogP contribution in [0.25, 0.3) is 0 Å². The minimum absolute atomic E-state index is 0.497. The third-order valence-corrected chi connectivity index (χ3v) is 4.60. The Morgan fingerprint density at radius 3 is 2.60 bits per heavy atom. The van der Waals surface area contributed by atoms with Gasteiger partial charge in [0.05, 0.1) is 5.69 Å². The monoisotopic (exact) mass is 340 g/mol. The van der Waals surface area contributed by atoms with Crippen LogP contribution in [0.3, 0.4) is 0 Å². The summed E-state index contributed by atoms with van der Waals surface area (Å²) in [5.41, 5.74) is 1.09. The normalized spacial score (nSPS) is 22.3. The van der Waals surface area contributed by atoms with Crippen LogP contribution in [-0.4, -0.2) is 43.3 Å². The molecule has 20 heavy (non-hydrogen) atoms. The van der Waals surface area contributed by atoms with Gasteiger partial charge in [-0.15, -0.1) is 0 Å². The predicted molar refractivity (Wildman–Crippen MR) is 83.9 cm³/mol. The fourth-order valence-corrected chi connectivity index (χ4v) is 3.21. The molecule has 5 heteroatoms. The van der Waals surface area contributed by atoms with E-state index in [1.54, 1.807) is 0 Å². The predicted octanol–water partition coefficient (Wildman–Crippen LogP) is 3.11. The van der Waals surface area contributed by atoms with Crippen LogP contribution in [0, 0.1) is 0 Å². The summed E-state index contributed by atoms with van der Waals surface area (Å²) in [6.07, 6.45) is 1.18. The molecule has 1 N–H and O–H groups in total. The van der Waals surface area contributed by atoms with E-state index in [9.17, 15) is 0 Å². The molecular weight excluding hydrogens is 320 g/mol. The number of halogens is 1. The molecule has 0 aliphatic carbocycles. The molecule has 0 aromatic heterocycles. The smallest absolute Gasteiger partial charge is 0.163 e. The number of rotatable bonds is 3. The minimum atomic E-state index is 0.497. The zero-order valence-corrected chi connectivity index (χ0v) is 13.6. The molecule has 1 saturated heterocycles. The summed E-state index contributed by atoms with van der Waals surface area (Å²) < 4.78 is 12.3. The summed E-state index contributed by atoms with van der Waals surface area (Å²) in [6.45, 7) is 8.01. The Morgan fingerprint density at radius 1 is 1.25 bits per heavy atom. The molecule has 0 amide bonds. The zero-order valence-electron chi connectivity index (χ0n) is 12.0. The van der Waals surface area contributed by atoms with Crippen molar-refractivity contribution < 1.29 is 9.47 Å². The largest absolute Gasteiger partial charge is 0.486 e. The van der Waals surface area contributed by atoms with E-state index in [0.717, 1.165) is 34.7 Å². The lowest BCUT2D eigenvalue weighted by atomic mass is 10.2. The van der Waals surface area contributed by atoms with Crippen LogP contribution < -0.4 is 14.8 Å². The van der Waals surface area contributed by atoms with Crippen LogP contribution in [0.4, 0.5) is 5.69 Å². The Morgan fingerprint density at radius 2 is 1.95 bits per heavy atom. The number of hydrogen-bond donors (Lipinski definition) is 1. The molecule has 2 heterocycles. The molecule has 2 aliphatic heterocycles. The van der Waals surface area contributed by atoms with Crippen LogP contribution in [-0.2, 0) is 0 Å². The Balaban J connectivity index is 1.71. The van der Waals surface area contributed by atoms with Gasteiger partial charge in [-0.25, -0.2) is 0 Å². The van der Waals surface area contributed by atoms with Crippen molar-refractivity contribution in [3.63, 3.8) is 0 Å². The molecule has 0 spiro atoms. The maximum Gasteiger partial charge on any atom is 0.163 e. The van der Waals surface area contributed by atoms with Crippen LogP contribution in [0.15, 0.2) is 16.6 Å². The summed E-state index contributed by atoms with van der Waals surface area (Å²) in [4.78, 5) is 2.50. The lowest BCUT2D eigenvalue weighted by molar-refractivity contribution is 0.171. The number of nitrogens with one attached hydrogen (secondary N) is 1. The van der Waals surface area contributed by atoms with Crippen molar-refractivity contribution in [2.45, 2.75) is 32.4 Å². The standard InChI is InChI=1S/C15H21BrN2O2/c1-10(2)18-4-3-11(9-18)17-13-8-15-14(7-12(13)16)19-5-6-20-15/h7-8,10-11,17H,3-6,9H2,1-2H3. The number of nitrogens with zero attached hydrogens (tertiary/aromatic N) is 1. The summed E-state index contributed by atoms with van der Waals surface area (Å²) in [7, 11) is 0. The molecule has 4 nitrogen and oxygen atoms in total. The van der Waals surface area contributed by atoms with Crippen LogP contribution >= 0.6 is 15.9 Å². The molecule has 1 fully saturated rings. The van der Waals surface area contributed by atoms with E-state index < -0.39 is 0 Å². The summed E-state index contributed by atoms with van der Waals surface area (Å²) in [6, 6.07) is 5.14. The topological polar surface area (TPSA) is 33.7 Å².